The van der Waals surface area contributed by atoms with E-state index in [1.807, 2.05) is 13.0 Å². The van der Waals surface area contributed by atoms with Crippen LogP contribution in [0.2, 0.25) is 0 Å². The SMILES string of the molecule is C[C@@H]1COC(=O)N1CCc1ccc(C#CCCCc2ccccc2)cc1. The average Bonchev–Trinajstić information content (AvgIpc) is 2.99. The van der Waals surface area contributed by atoms with Gasteiger partial charge in [-0.05, 0) is 49.4 Å². The molecule has 26 heavy (non-hydrogen) atoms. The molecule has 2 aromatic rings. The molecule has 0 spiro atoms. The van der Waals surface area contributed by atoms with Crippen molar-refractivity contribution in [2.45, 2.75) is 38.6 Å². The Labute approximate surface area is 156 Å². The van der Waals surface area contributed by atoms with Gasteiger partial charge in [0, 0.05) is 18.5 Å². The van der Waals surface area contributed by atoms with E-state index in [0.717, 1.165) is 31.2 Å². The van der Waals surface area contributed by atoms with E-state index in [1.54, 1.807) is 4.90 Å². The van der Waals surface area contributed by atoms with E-state index >= 15 is 0 Å². The van der Waals surface area contributed by atoms with Crippen molar-refractivity contribution in [2.24, 2.45) is 0 Å². The number of amides is 1. The van der Waals surface area contributed by atoms with Crippen LogP contribution in [-0.4, -0.2) is 30.2 Å². The van der Waals surface area contributed by atoms with E-state index in [4.69, 9.17) is 4.74 Å². The molecule has 1 saturated heterocycles. The summed E-state index contributed by atoms with van der Waals surface area (Å²) in [5, 5.41) is 0. The molecule has 3 rings (SSSR count). The largest absolute Gasteiger partial charge is 0.447 e. The molecule has 2 aromatic carbocycles. The predicted octanol–water partition coefficient (Wildman–Crippen LogP) is 4.44. The van der Waals surface area contributed by atoms with Crippen molar-refractivity contribution < 1.29 is 9.53 Å². The van der Waals surface area contributed by atoms with E-state index in [9.17, 15) is 4.79 Å². The van der Waals surface area contributed by atoms with Gasteiger partial charge in [-0.2, -0.15) is 0 Å². The third kappa shape index (κ3) is 5.13. The van der Waals surface area contributed by atoms with Gasteiger partial charge in [-0.1, -0.05) is 54.3 Å². The smallest absolute Gasteiger partial charge is 0.410 e. The molecule has 0 radical (unpaired) electrons. The Bertz CT molecular complexity index is 771. The highest BCUT2D eigenvalue weighted by molar-refractivity contribution is 5.70. The minimum atomic E-state index is -0.199. The summed E-state index contributed by atoms with van der Waals surface area (Å²) in [6.45, 7) is 3.21. The standard InChI is InChI=1S/C23H25NO2/c1-19-18-26-23(25)24(19)17-16-22-14-12-21(13-15-22)11-7-3-6-10-20-8-4-2-5-9-20/h2,4-5,8-9,12-15,19H,3,6,10,16-18H2,1H3/t19-/m1/s1. The summed E-state index contributed by atoms with van der Waals surface area (Å²) < 4.78 is 5.05. The highest BCUT2D eigenvalue weighted by Crippen LogP contribution is 2.13. The zero-order valence-corrected chi connectivity index (χ0v) is 15.3. The maximum absolute atomic E-state index is 11.6. The molecule has 0 aliphatic carbocycles. The first-order chi connectivity index (χ1) is 12.7. The summed E-state index contributed by atoms with van der Waals surface area (Å²) in [6, 6.07) is 19.0. The molecule has 0 bridgehead atoms. The van der Waals surface area contributed by atoms with E-state index in [0.29, 0.717) is 13.2 Å². The maximum Gasteiger partial charge on any atom is 0.410 e. The normalized spacial score (nSPS) is 16.1. The summed E-state index contributed by atoms with van der Waals surface area (Å²) in [7, 11) is 0. The van der Waals surface area contributed by atoms with Gasteiger partial charge in [-0.15, -0.1) is 0 Å². The van der Waals surface area contributed by atoms with Gasteiger partial charge in [-0.3, -0.25) is 0 Å². The fraction of sp³-hybridized carbons (Fsp3) is 0.348. The van der Waals surface area contributed by atoms with Crippen LogP contribution in [0.1, 0.15) is 36.5 Å². The van der Waals surface area contributed by atoms with Crippen LogP contribution < -0.4 is 0 Å². The second kappa shape index (κ2) is 9.10. The second-order valence-electron chi connectivity index (χ2n) is 6.71. The second-order valence-corrected chi connectivity index (χ2v) is 6.71. The molecular formula is C23H25NO2. The quantitative estimate of drug-likeness (QED) is 0.571. The van der Waals surface area contributed by atoms with Crippen LogP contribution in [-0.2, 0) is 17.6 Å². The zero-order valence-electron chi connectivity index (χ0n) is 15.3. The molecule has 1 fully saturated rings. The van der Waals surface area contributed by atoms with Crippen molar-refractivity contribution in [1.29, 1.82) is 0 Å². The minimum Gasteiger partial charge on any atom is -0.447 e. The first kappa shape index (κ1) is 18.1. The number of unbranched alkanes of at least 4 members (excludes halogenated alkanes) is 1. The molecule has 1 aliphatic rings. The number of carbonyl (C=O) groups excluding carboxylic acids is 1. The number of carbonyl (C=O) groups is 1. The van der Waals surface area contributed by atoms with E-state index in [1.165, 1.54) is 11.1 Å². The number of cyclic esters (lactones) is 1. The molecule has 1 aliphatic heterocycles. The van der Waals surface area contributed by atoms with E-state index in [2.05, 4.69) is 60.4 Å². The number of nitrogens with zero attached hydrogens (tertiary/aromatic N) is 1. The van der Waals surface area contributed by atoms with E-state index < -0.39 is 0 Å². The molecule has 0 saturated carbocycles. The van der Waals surface area contributed by atoms with E-state index in [-0.39, 0.29) is 12.1 Å². The molecule has 134 valence electrons. The lowest BCUT2D eigenvalue weighted by molar-refractivity contribution is 0.158. The van der Waals surface area contributed by atoms with Gasteiger partial charge in [0.05, 0.1) is 6.04 Å². The molecule has 1 amide bonds. The van der Waals surface area contributed by atoms with Gasteiger partial charge in [0.2, 0.25) is 0 Å². The predicted molar refractivity (Wildman–Crippen MR) is 104 cm³/mol. The minimum absolute atomic E-state index is 0.170. The monoisotopic (exact) mass is 347 g/mol. The third-order valence-electron chi connectivity index (χ3n) is 4.65. The summed E-state index contributed by atoms with van der Waals surface area (Å²) >= 11 is 0. The Kier molecular flexibility index (Phi) is 6.33. The summed E-state index contributed by atoms with van der Waals surface area (Å²) in [4.78, 5) is 13.4. The molecule has 3 heteroatoms. The summed E-state index contributed by atoms with van der Waals surface area (Å²) in [6.07, 6.45) is 3.71. The third-order valence-corrected chi connectivity index (χ3v) is 4.65. The summed E-state index contributed by atoms with van der Waals surface area (Å²) in [5.41, 5.74) is 3.63. The molecule has 3 nitrogen and oxygen atoms in total. The fourth-order valence-corrected chi connectivity index (χ4v) is 3.05. The van der Waals surface area contributed by atoms with Gasteiger partial charge in [0.25, 0.3) is 0 Å². The Morgan fingerprint density at radius 1 is 1.04 bits per heavy atom. The summed E-state index contributed by atoms with van der Waals surface area (Å²) in [5.74, 6) is 6.50. The van der Waals surface area contributed by atoms with Crippen LogP contribution in [0.4, 0.5) is 4.79 Å². The lowest BCUT2D eigenvalue weighted by atomic mass is 10.1. The molecule has 1 heterocycles. The van der Waals surface area contributed by atoms with Crippen molar-refractivity contribution in [3.63, 3.8) is 0 Å². The maximum atomic E-state index is 11.6. The van der Waals surface area contributed by atoms with Crippen LogP contribution in [0.3, 0.4) is 0 Å². The average molecular weight is 347 g/mol. The first-order valence-electron chi connectivity index (χ1n) is 9.27. The fourth-order valence-electron chi connectivity index (χ4n) is 3.05. The van der Waals surface area contributed by atoms with Crippen molar-refractivity contribution in [1.82, 2.24) is 4.90 Å². The van der Waals surface area contributed by atoms with Gasteiger partial charge in [0.1, 0.15) is 6.61 Å². The Morgan fingerprint density at radius 2 is 1.77 bits per heavy atom. The van der Waals surface area contributed by atoms with Gasteiger partial charge < -0.3 is 9.64 Å². The van der Waals surface area contributed by atoms with Crippen molar-refractivity contribution in [3.8, 4) is 11.8 Å². The lowest BCUT2D eigenvalue weighted by Gasteiger charge is -2.17. The van der Waals surface area contributed by atoms with Crippen molar-refractivity contribution in [2.75, 3.05) is 13.2 Å². The van der Waals surface area contributed by atoms with Crippen LogP contribution in [0.15, 0.2) is 54.6 Å². The van der Waals surface area contributed by atoms with Crippen LogP contribution >= 0.6 is 0 Å². The Balaban J connectivity index is 1.42. The van der Waals surface area contributed by atoms with Gasteiger partial charge in [0.15, 0.2) is 0 Å². The van der Waals surface area contributed by atoms with Gasteiger partial charge >= 0.3 is 6.09 Å². The van der Waals surface area contributed by atoms with Crippen LogP contribution in [0, 0.1) is 11.8 Å². The van der Waals surface area contributed by atoms with Gasteiger partial charge in [-0.25, -0.2) is 4.79 Å². The number of ether oxygens (including phenoxy) is 1. The molecule has 0 N–H and O–H groups in total. The number of hydrogen-bond acceptors (Lipinski definition) is 2. The number of aryl methyl sites for hydroxylation is 1. The van der Waals surface area contributed by atoms with Crippen molar-refractivity contribution in [3.05, 3.63) is 71.3 Å². The lowest BCUT2D eigenvalue weighted by Crippen LogP contribution is -2.33. The Hall–Kier alpha value is -2.73. The van der Waals surface area contributed by atoms with Crippen LogP contribution in [0.25, 0.3) is 0 Å². The van der Waals surface area contributed by atoms with Crippen molar-refractivity contribution >= 4 is 6.09 Å². The molecule has 1 atom stereocenters. The number of benzene rings is 2. The van der Waals surface area contributed by atoms with Crippen LogP contribution in [0.5, 0.6) is 0 Å². The highest BCUT2D eigenvalue weighted by atomic mass is 16.6. The molecule has 0 aromatic heterocycles. The number of rotatable bonds is 6. The topological polar surface area (TPSA) is 29.5 Å². The molecule has 0 unspecified atom stereocenters. The number of hydrogen-bond donors (Lipinski definition) is 0. The Morgan fingerprint density at radius 3 is 2.46 bits per heavy atom. The highest BCUT2D eigenvalue weighted by Gasteiger charge is 2.28. The zero-order chi connectivity index (χ0) is 18.2. The molecular weight excluding hydrogens is 322 g/mol. The first-order valence-corrected chi connectivity index (χ1v) is 9.27.